The number of aromatic nitrogens is 2. The lowest BCUT2D eigenvalue weighted by atomic mass is 10.1. The third-order valence-electron chi connectivity index (χ3n) is 2.74. The minimum absolute atomic E-state index is 0.0421. The van der Waals surface area contributed by atoms with Gasteiger partial charge in [0.25, 0.3) is 5.91 Å². The van der Waals surface area contributed by atoms with E-state index in [-0.39, 0.29) is 15.7 Å². The molecule has 0 fully saturated rings. The first kappa shape index (κ1) is 14.0. The highest BCUT2D eigenvalue weighted by atomic mass is 32.1. The fourth-order valence-electron chi connectivity index (χ4n) is 1.71. The Balaban J connectivity index is 1.75. The fraction of sp³-hybridized carbons (Fsp3) is 0. The third-order valence-corrected chi connectivity index (χ3v) is 3.64. The van der Waals surface area contributed by atoms with Crippen molar-refractivity contribution >= 4 is 28.3 Å². The minimum Gasteiger partial charge on any atom is -0.477 e. The summed E-state index contributed by atoms with van der Waals surface area (Å²) in [6.45, 7) is 0. The summed E-state index contributed by atoms with van der Waals surface area (Å²) < 4.78 is 5.13. The van der Waals surface area contributed by atoms with Gasteiger partial charge in [-0.25, -0.2) is 9.78 Å². The number of carbonyl (C=O) groups is 2. The van der Waals surface area contributed by atoms with Crippen molar-refractivity contribution in [2.45, 2.75) is 0 Å². The van der Waals surface area contributed by atoms with Gasteiger partial charge in [-0.1, -0.05) is 46.8 Å². The molecule has 0 atom stereocenters. The molecule has 2 heterocycles. The van der Waals surface area contributed by atoms with Crippen molar-refractivity contribution in [1.82, 2.24) is 10.1 Å². The smallest absolute Gasteiger partial charge is 0.347 e. The Morgan fingerprint density at radius 1 is 1.23 bits per heavy atom. The van der Waals surface area contributed by atoms with Crippen molar-refractivity contribution in [1.29, 1.82) is 0 Å². The molecule has 3 aromatic rings. The zero-order chi connectivity index (χ0) is 15.5. The number of carboxylic acid groups (broad SMARTS) is 1. The highest BCUT2D eigenvalue weighted by Gasteiger charge is 2.16. The molecule has 0 saturated heterocycles. The van der Waals surface area contributed by atoms with Crippen molar-refractivity contribution in [3.63, 3.8) is 0 Å². The molecule has 110 valence electrons. The van der Waals surface area contributed by atoms with Crippen LogP contribution in [0, 0.1) is 0 Å². The van der Waals surface area contributed by atoms with E-state index >= 15 is 0 Å². The minimum atomic E-state index is -1.09. The van der Waals surface area contributed by atoms with Crippen molar-refractivity contribution < 1.29 is 19.2 Å². The molecule has 0 radical (unpaired) electrons. The lowest BCUT2D eigenvalue weighted by molar-refractivity contribution is 0.0701. The summed E-state index contributed by atoms with van der Waals surface area (Å²) in [4.78, 5) is 26.6. The van der Waals surface area contributed by atoms with Crippen LogP contribution < -0.4 is 5.32 Å². The van der Waals surface area contributed by atoms with Gasteiger partial charge in [0.15, 0.2) is 16.6 Å². The number of nitrogens with zero attached hydrogens (tertiary/aromatic N) is 2. The zero-order valence-electron chi connectivity index (χ0n) is 11.0. The Morgan fingerprint density at radius 3 is 2.68 bits per heavy atom. The number of carbonyl (C=O) groups excluding carboxylic acids is 1. The van der Waals surface area contributed by atoms with E-state index in [0.29, 0.717) is 5.76 Å². The topological polar surface area (TPSA) is 105 Å². The second-order valence-electron chi connectivity index (χ2n) is 4.23. The van der Waals surface area contributed by atoms with E-state index in [9.17, 15) is 9.59 Å². The number of benzene rings is 1. The molecule has 3 rings (SSSR count). The van der Waals surface area contributed by atoms with E-state index in [0.717, 1.165) is 16.9 Å². The summed E-state index contributed by atoms with van der Waals surface area (Å²) in [5.74, 6) is -1.14. The molecule has 0 bridgehead atoms. The van der Waals surface area contributed by atoms with Gasteiger partial charge in [0.05, 0.1) is 6.20 Å². The summed E-state index contributed by atoms with van der Waals surface area (Å²) in [7, 11) is 0. The van der Waals surface area contributed by atoms with Crippen molar-refractivity contribution in [3.05, 3.63) is 53.2 Å². The van der Waals surface area contributed by atoms with Gasteiger partial charge in [-0.15, -0.1) is 0 Å². The molecular formula is C14H9N3O4S. The van der Waals surface area contributed by atoms with Crippen LogP contribution >= 0.6 is 11.3 Å². The molecule has 1 aromatic carbocycles. The maximum absolute atomic E-state index is 12.0. The van der Waals surface area contributed by atoms with Gasteiger partial charge in [-0.2, -0.15) is 0 Å². The molecule has 2 aromatic heterocycles. The number of rotatable bonds is 4. The molecule has 8 heteroatoms. The highest BCUT2D eigenvalue weighted by Crippen LogP contribution is 2.22. The molecule has 1 amide bonds. The number of thiazole rings is 1. The Bertz CT molecular complexity index is 825. The van der Waals surface area contributed by atoms with Crippen LogP contribution in [0.25, 0.3) is 11.3 Å². The quantitative estimate of drug-likeness (QED) is 0.767. The molecule has 7 nitrogen and oxygen atoms in total. The van der Waals surface area contributed by atoms with Crippen molar-refractivity contribution in [2.24, 2.45) is 0 Å². The Labute approximate surface area is 128 Å². The number of amides is 1. The lowest BCUT2D eigenvalue weighted by Crippen LogP contribution is -2.11. The molecule has 0 aliphatic carbocycles. The first-order valence-corrected chi connectivity index (χ1v) is 6.98. The second kappa shape index (κ2) is 5.78. The van der Waals surface area contributed by atoms with Crippen molar-refractivity contribution in [2.75, 3.05) is 5.32 Å². The Morgan fingerprint density at radius 2 is 2.00 bits per heavy atom. The third kappa shape index (κ3) is 2.86. The first-order chi connectivity index (χ1) is 10.6. The normalized spacial score (nSPS) is 10.4. The van der Waals surface area contributed by atoms with Crippen LogP contribution in [0.4, 0.5) is 5.13 Å². The van der Waals surface area contributed by atoms with Crippen LogP contribution in [0.3, 0.4) is 0 Å². The summed E-state index contributed by atoms with van der Waals surface area (Å²) in [6, 6.07) is 10.7. The molecule has 0 spiro atoms. The van der Waals surface area contributed by atoms with E-state index in [1.54, 1.807) is 0 Å². The van der Waals surface area contributed by atoms with Crippen LogP contribution in [-0.2, 0) is 0 Å². The van der Waals surface area contributed by atoms with Crippen LogP contribution in [0.2, 0.25) is 0 Å². The number of anilines is 1. The molecular weight excluding hydrogens is 306 g/mol. The van der Waals surface area contributed by atoms with Crippen LogP contribution in [0.15, 0.2) is 47.1 Å². The summed E-state index contributed by atoms with van der Waals surface area (Å²) in [5.41, 5.74) is 0.891. The van der Waals surface area contributed by atoms with E-state index in [1.165, 1.54) is 12.3 Å². The van der Waals surface area contributed by atoms with Gasteiger partial charge >= 0.3 is 5.97 Å². The second-order valence-corrected chi connectivity index (χ2v) is 5.26. The maximum atomic E-state index is 12.0. The molecule has 0 aliphatic heterocycles. The Hall–Kier alpha value is -3.00. The van der Waals surface area contributed by atoms with Crippen LogP contribution in [-0.4, -0.2) is 27.1 Å². The maximum Gasteiger partial charge on any atom is 0.347 e. The predicted octanol–water partition coefficient (Wildman–Crippen LogP) is 2.75. The highest BCUT2D eigenvalue weighted by molar-refractivity contribution is 7.17. The SMILES string of the molecule is O=C(Nc1ncc(C(=O)O)s1)c1cc(-c2ccccc2)on1. The van der Waals surface area contributed by atoms with Gasteiger partial charge in [-0.3, -0.25) is 10.1 Å². The van der Waals surface area contributed by atoms with E-state index in [2.05, 4.69) is 15.5 Å². The zero-order valence-corrected chi connectivity index (χ0v) is 11.8. The van der Waals surface area contributed by atoms with Gasteiger partial charge < -0.3 is 9.63 Å². The molecule has 0 saturated carbocycles. The number of hydrogen-bond acceptors (Lipinski definition) is 6. The molecule has 0 unspecified atom stereocenters. The van der Waals surface area contributed by atoms with E-state index in [1.807, 2.05) is 30.3 Å². The lowest BCUT2D eigenvalue weighted by Gasteiger charge is -1.95. The monoisotopic (exact) mass is 315 g/mol. The van der Waals surface area contributed by atoms with Gasteiger partial charge in [0.2, 0.25) is 0 Å². The molecule has 0 aliphatic rings. The number of aromatic carboxylic acids is 1. The predicted molar refractivity (Wildman–Crippen MR) is 79.0 cm³/mol. The first-order valence-electron chi connectivity index (χ1n) is 6.16. The molecule has 2 N–H and O–H groups in total. The average molecular weight is 315 g/mol. The Kier molecular flexibility index (Phi) is 3.67. The largest absolute Gasteiger partial charge is 0.477 e. The summed E-state index contributed by atoms with van der Waals surface area (Å²) in [6.07, 6.45) is 1.18. The van der Waals surface area contributed by atoms with Gasteiger partial charge in [0.1, 0.15) is 4.88 Å². The van der Waals surface area contributed by atoms with Crippen molar-refractivity contribution in [3.8, 4) is 11.3 Å². The average Bonchev–Trinajstić information content (AvgIpc) is 3.17. The van der Waals surface area contributed by atoms with Gasteiger partial charge in [-0.05, 0) is 0 Å². The molecule has 22 heavy (non-hydrogen) atoms. The van der Waals surface area contributed by atoms with E-state index in [4.69, 9.17) is 9.63 Å². The van der Waals surface area contributed by atoms with Crippen LogP contribution in [0.1, 0.15) is 20.2 Å². The standard InChI is InChI=1S/C14H9N3O4S/c18-12(16-14-15-7-11(22-14)13(19)20)9-6-10(21-17-9)8-4-2-1-3-5-8/h1-7H,(H,19,20)(H,15,16,18). The van der Waals surface area contributed by atoms with E-state index < -0.39 is 11.9 Å². The number of hydrogen-bond donors (Lipinski definition) is 2. The van der Waals surface area contributed by atoms with Gasteiger partial charge in [0, 0.05) is 11.6 Å². The summed E-state index contributed by atoms with van der Waals surface area (Å²) >= 11 is 0.866. The number of carboxylic acids is 1. The fourth-order valence-corrected chi connectivity index (χ4v) is 2.36. The number of nitrogens with one attached hydrogen (secondary N) is 1. The van der Waals surface area contributed by atoms with Crippen LogP contribution in [0.5, 0.6) is 0 Å². The summed E-state index contributed by atoms with van der Waals surface area (Å²) in [5, 5.41) is 15.2.